The number of aromatic nitrogens is 2. The van der Waals surface area contributed by atoms with Crippen LogP contribution < -0.4 is 5.32 Å². The van der Waals surface area contributed by atoms with E-state index in [9.17, 15) is 5.26 Å². The largest absolute Gasteiger partial charge is 0.365 e. The molecule has 5 nitrogen and oxygen atoms in total. The molecule has 0 bridgehead atoms. The van der Waals surface area contributed by atoms with Crippen LogP contribution >= 0.6 is 0 Å². The zero-order valence-electron chi connectivity index (χ0n) is 15.0. The Morgan fingerprint density at radius 3 is 2.46 bits per heavy atom. The fourth-order valence-electron chi connectivity index (χ4n) is 4.03. The molecule has 0 atom stereocenters. The Morgan fingerprint density at radius 1 is 1.08 bits per heavy atom. The second kappa shape index (κ2) is 7.94. The molecule has 130 valence electrons. The SMILES string of the molecule is Cc1nnc(NC2CCN(CC3CCCCC3)CC2)c(C#N)c1C. The Labute approximate surface area is 145 Å². The highest BCUT2D eigenvalue weighted by Crippen LogP contribution is 2.26. The maximum atomic E-state index is 9.41. The van der Waals surface area contributed by atoms with Crippen LogP contribution in [0.5, 0.6) is 0 Å². The molecule has 1 N–H and O–H groups in total. The van der Waals surface area contributed by atoms with Crippen LogP contribution in [0, 0.1) is 31.1 Å². The lowest BCUT2D eigenvalue weighted by molar-refractivity contribution is 0.168. The molecule has 0 aromatic carbocycles. The van der Waals surface area contributed by atoms with Gasteiger partial charge in [-0.1, -0.05) is 19.3 Å². The first-order valence-corrected chi connectivity index (χ1v) is 9.40. The number of nitrogens with one attached hydrogen (secondary N) is 1. The summed E-state index contributed by atoms with van der Waals surface area (Å²) >= 11 is 0. The molecule has 1 aromatic rings. The Hall–Kier alpha value is -1.67. The third-order valence-corrected chi connectivity index (χ3v) is 5.74. The lowest BCUT2D eigenvalue weighted by Crippen LogP contribution is -2.41. The molecule has 1 saturated carbocycles. The quantitative estimate of drug-likeness (QED) is 0.918. The van der Waals surface area contributed by atoms with E-state index in [1.807, 2.05) is 13.8 Å². The second-order valence-corrected chi connectivity index (χ2v) is 7.47. The first kappa shape index (κ1) is 17.2. The van der Waals surface area contributed by atoms with Gasteiger partial charge < -0.3 is 10.2 Å². The van der Waals surface area contributed by atoms with E-state index in [4.69, 9.17) is 0 Å². The van der Waals surface area contributed by atoms with E-state index in [1.54, 1.807) is 0 Å². The molecule has 5 heteroatoms. The zero-order chi connectivity index (χ0) is 16.9. The van der Waals surface area contributed by atoms with Crippen molar-refractivity contribution in [2.45, 2.75) is 64.8 Å². The molecule has 0 spiro atoms. The topological polar surface area (TPSA) is 64.8 Å². The second-order valence-electron chi connectivity index (χ2n) is 7.47. The average Bonchev–Trinajstić information content (AvgIpc) is 2.61. The van der Waals surface area contributed by atoms with Gasteiger partial charge in [0.25, 0.3) is 0 Å². The van der Waals surface area contributed by atoms with Gasteiger partial charge in [-0.05, 0) is 51.0 Å². The van der Waals surface area contributed by atoms with Crippen molar-refractivity contribution in [1.29, 1.82) is 5.26 Å². The van der Waals surface area contributed by atoms with Gasteiger partial charge in [0.1, 0.15) is 11.6 Å². The van der Waals surface area contributed by atoms with Crippen molar-refractivity contribution in [3.05, 3.63) is 16.8 Å². The zero-order valence-corrected chi connectivity index (χ0v) is 15.0. The lowest BCUT2D eigenvalue weighted by atomic mass is 9.88. The lowest BCUT2D eigenvalue weighted by Gasteiger charge is -2.35. The van der Waals surface area contributed by atoms with Gasteiger partial charge in [0, 0.05) is 25.7 Å². The number of rotatable bonds is 4. The van der Waals surface area contributed by atoms with E-state index < -0.39 is 0 Å². The number of anilines is 1. The summed E-state index contributed by atoms with van der Waals surface area (Å²) in [6.07, 6.45) is 9.35. The number of hydrogen-bond donors (Lipinski definition) is 1. The molecule has 0 amide bonds. The summed E-state index contributed by atoms with van der Waals surface area (Å²) in [5.41, 5.74) is 2.41. The van der Waals surface area contributed by atoms with Gasteiger partial charge in [0.15, 0.2) is 5.82 Å². The maximum absolute atomic E-state index is 9.41. The number of piperidine rings is 1. The summed E-state index contributed by atoms with van der Waals surface area (Å²) in [4.78, 5) is 2.63. The molecular formula is C19H29N5. The molecule has 3 rings (SSSR count). The van der Waals surface area contributed by atoms with Crippen LogP contribution in [0.1, 0.15) is 61.8 Å². The number of likely N-dealkylation sites (tertiary alicyclic amines) is 1. The number of aryl methyl sites for hydroxylation is 1. The molecule has 1 aliphatic carbocycles. The van der Waals surface area contributed by atoms with Crippen LogP contribution in [0.25, 0.3) is 0 Å². The van der Waals surface area contributed by atoms with Gasteiger partial charge in [-0.25, -0.2) is 0 Å². The third-order valence-electron chi connectivity index (χ3n) is 5.74. The maximum Gasteiger partial charge on any atom is 0.167 e. The summed E-state index contributed by atoms with van der Waals surface area (Å²) in [7, 11) is 0. The van der Waals surface area contributed by atoms with Crippen LogP contribution in [0.3, 0.4) is 0 Å². The van der Waals surface area contributed by atoms with Crippen molar-refractivity contribution in [3.8, 4) is 6.07 Å². The van der Waals surface area contributed by atoms with Crippen molar-refractivity contribution in [2.75, 3.05) is 25.0 Å². The summed E-state index contributed by atoms with van der Waals surface area (Å²) in [5, 5.41) is 21.3. The van der Waals surface area contributed by atoms with Gasteiger partial charge in [0.05, 0.1) is 5.69 Å². The monoisotopic (exact) mass is 327 g/mol. The summed E-state index contributed by atoms with van der Waals surface area (Å²) < 4.78 is 0. The van der Waals surface area contributed by atoms with Crippen LogP contribution in [0.15, 0.2) is 0 Å². The Kier molecular flexibility index (Phi) is 5.68. The molecule has 24 heavy (non-hydrogen) atoms. The van der Waals surface area contributed by atoms with E-state index in [-0.39, 0.29) is 0 Å². The van der Waals surface area contributed by atoms with Gasteiger partial charge in [-0.2, -0.15) is 10.4 Å². The normalized spacial score (nSPS) is 20.7. The number of hydrogen-bond acceptors (Lipinski definition) is 5. The van der Waals surface area contributed by atoms with Crippen LogP contribution in [0.4, 0.5) is 5.82 Å². The van der Waals surface area contributed by atoms with Crippen LogP contribution in [-0.4, -0.2) is 40.8 Å². The Balaban J connectivity index is 1.52. The highest BCUT2D eigenvalue weighted by Gasteiger charge is 2.24. The summed E-state index contributed by atoms with van der Waals surface area (Å²) in [6, 6.07) is 2.68. The van der Waals surface area contributed by atoms with Crippen molar-refractivity contribution in [3.63, 3.8) is 0 Å². The van der Waals surface area contributed by atoms with Gasteiger partial charge in [-0.15, -0.1) is 5.10 Å². The molecule has 2 heterocycles. The van der Waals surface area contributed by atoms with E-state index in [0.29, 0.717) is 17.4 Å². The predicted octanol–water partition coefficient (Wildman–Crippen LogP) is 3.42. The molecule has 0 radical (unpaired) electrons. The Morgan fingerprint density at radius 2 is 1.79 bits per heavy atom. The van der Waals surface area contributed by atoms with E-state index in [1.165, 1.54) is 38.6 Å². The van der Waals surface area contributed by atoms with Crippen LogP contribution in [0.2, 0.25) is 0 Å². The van der Waals surface area contributed by atoms with Crippen molar-refractivity contribution >= 4 is 5.82 Å². The van der Waals surface area contributed by atoms with Crippen LogP contribution in [-0.2, 0) is 0 Å². The highest BCUT2D eigenvalue weighted by molar-refractivity contribution is 5.56. The number of nitriles is 1. The molecule has 1 aliphatic heterocycles. The molecule has 2 fully saturated rings. The predicted molar refractivity (Wildman–Crippen MR) is 95.9 cm³/mol. The molecule has 1 aromatic heterocycles. The van der Waals surface area contributed by atoms with E-state index in [2.05, 4.69) is 26.5 Å². The number of nitrogens with zero attached hydrogens (tertiary/aromatic N) is 4. The minimum Gasteiger partial charge on any atom is -0.365 e. The highest BCUT2D eigenvalue weighted by atomic mass is 15.2. The fraction of sp³-hybridized carbons (Fsp3) is 0.737. The van der Waals surface area contributed by atoms with Crippen molar-refractivity contribution < 1.29 is 0 Å². The van der Waals surface area contributed by atoms with E-state index >= 15 is 0 Å². The summed E-state index contributed by atoms with van der Waals surface area (Å²) in [6.45, 7) is 7.42. The third kappa shape index (κ3) is 4.05. The molecule has 0 unspecified atom stereocenters. The minimum absolute atomic E-state index is 0.399. The summed E-state index contributed by atoms with van der Waals surface area (Å²) in [5.74, 6) is 1.57. The average molecular weight is 327 g/mol. The van der Waals surface area contributed by atoms with Crippen molar-refractivity contribution in [2.24, 2.45) is 5.92 Å². The van der Waals surface area contributed by atoms with E-state index in [0.717, 1.165) is 43.1 Å². The van der Waals surface area contributed by atoms with Gasteiger partial charge >= 0.3 is 0 Å². The van der Waals surface area contributed by atoms with Gasteiger partial charge in [0.2, 0.25) is 0 Å². The molecule has 2 aliphatic rings. The first-order valence-electron chi connectivity index (χ1n) is 9.40. The minimum atomic E-state index is 0.399. The first-order chi connectivity index (χ1) is 11.7. The molecule has 1 saturated heterocycles. The van der Waals surface area contributed by atoms with Gasteiger partial charge in [-0.3, -0.25) is 0 Å². The smallest absolute Gasteiger partial charge is 0.167 e. The Bertz CT molecular complexity index is 593. The molecular weight excluding hydrogens is 298 g/mol. The fourth-order valence-corrected chi connectivity index (χ4v) is 4.03. The van der Waals surface area contributed by atoms with Crippen molar-refractivity contribution in [1.82, 2.24) is 15.1 Å². The standard InChI is InChI=1S/C19H29N5/c1-14-15(2)22-23-19(18(14)12-20)21-17-8-10-24(11-9-17)13-16-6-4-3-5-7-16/h16-17H,3-11,13H2,1-2H3,(H,21,23).